The van der Waals surface area contributed by atoms with Crippen LogP contribution >= 0.6 is 0 Å². The van der Waals surface area contributed by atoms with Gasteiger partial charge in [0.2, 0.25) is 0 Å². The van der Waals surface area contributed by atoms with E-state index < -0.39 is 0 Å². The minimum absolute atomic E-state index is 0.479. The molecular weight excluding hydrogens is 210 g/mol. The molecule has 1 heterocycles. The summed E-state index contributed by atoms with van der Waals surface area (Å²) in [4.78, 5) is 0. The predicted molar refractivity (Wildman–Crippen MR) is 68.6 cm³/mol. The van der Waals surface area contributed by atoms with Gasteiger partial charge in [-0.2, -0.15) is 5.10 Å². The maximum absolute atomic E-state index is 4.28. The molecule has 0 radical (unpaired) electrons. The molecule has 3 heteroatoms. The van der Waals surface area contributed by atoms with Crippen molar-refractivity contribution in [3.05, 3.63) is 18.0 Å². The summed E-state index contributed by atoms with van der Waals surface area (Å²) in [5.74, 6) is 3.01. The first-order valence-electron chi connectivity index (χ1n) is 6.93. The van der Waals surface area contributed by atoms with Crippen LogP contribution in [0, 0.1) is 17.8 Å². The zero-order valence-electron chi connectivity index (χ0n) is 10.9. The highest BCUT2D eigenvalue weighted by Gasteiger charge is 2.40. The molecule has 1 N–H and O–H groups in total. The number of hydrogen-bond acceptors (Lipinski definition) is 2. The van der Waals surface area contributed by atoms with Gasteiger partial charge >= 0.3 is 0 Å². The molecular formula is C14H23N3. The molecule has 3 rings (SSSR count). The quantitative estimate of drug-likeness (QED) is 0.866. The van der Waals surface area contributed by atoms with E-state index in [1.54, 1.807) is 0 Å². The lowest BCUT2D eigenvalue weighted by Crippen LogP contribution is -2.24. The topological polar surface area (TPSA) is 29.9 Å². The van der Waals surface area contributed by atoms with Gasteiger partial charge in [-0.3, -0.25) is 4.68 Å². The number of nitrogens with one attached hydrogen (secondary N) is 1. The molecule has 0 saturated heterocycles. The zero-order chi connectivity index (χ0) is 11.8. The van der Waals surface area contributed by atoms with Crippen LogP contribution in [-0.4, -0.2) is 16.8 Å². The number of aromatic nitrogens is 2. The van der Waals surface area contributed by atoms with Crippen molar-refractivity contribution < 1.29 is 0 Å². The lowest BCUT2D eigenvalue weighted by atomic mass is 9.83. The van der Waals surface area contributed by atoms with Gasteiger partial charge in [0, 0.05) is 19.3 Å². The Labute approximate surface area is 104 Å². The first-order valence-corrected chi connectivity index (χ1v) is 6.93. The SMILES string of the molecule is CNC(CC1CC2CCC1C2)c1ccnn1C. The third-order valence-electron chi connectivity index (χ3n) is 4.99. The monoisotopic (exact) mass is 233 g/mol. The Bertz CT molecular complexity index is 385. The number of hydrogen-bond donors (Lipinski definition) is 1. The molecule has 2 aliphatic carbocycles. The van der Waals surface area contributed by atoms with Gasteiger partial charge in [0.25, 0.3) is 0 Å². The third kappa shape index (κ3) is 2.01. The van der Waals surface area contributed by atoms with Gasteiger partial charge in [0.1, 0.15) is 0 Å². The lowest BCUT2D eigenvalue weighted by molar-refractivity contribution is 0.280. The van der Waals surface area contributed by atoms with Crippen molar-refractivity contribution >= 4 is 0 Å². The standard InChI is InChI=1S/C14H23N3/c1-15-13(14-5-6-16-17(14)2)9-12-8-10-3-4-11(12)7-10/h5-6,10-13,15H,3-4,7-9H2,1-2H3. The molecule has 3 nitrogen and oxygen atoms in total. The minimum Gasteiger partial charge on any atom is -0.312 e. The van der Waals surface area contributed by atoms with Gasteiger partial charge in [-0.25, -0.2) is 0 Å². The Kier molecular flexibility index (Phi) is 2.95. The molecule has 0 aliphatic heterocycles. The van der Waals surface area contributed by atoms with E-state index in [1.165, 1.54) is 37.8 Å². The van der Waals surface area contributed by atoms with Crippen molar-refractivity contribution in [3.63, 3.8) is 0 Å². The van der Waals surface area contributed by atoms with Crippen LogP contribution in [0.1, 0.15) is 43.8 Å². The molecule has 2 fully saturated rings. The van der Waals surface area contributed by atoms with Crippen molar-refractivity contribution in [1.29, 1.82) is 0 Å². The summed E-state index contributed by atoms with van der Waals surface area (Å²) in [6.45, 7) is 0. The van der Waals surface area contributed by atoms with Crippen molar-refractivity contribution in [2.24, 2.45) is 24.8 Å². The van der Waals surface area contributed by atoms with Gasteiger partial charge in [0.15, 0.2) is 0 Å². The third-order valence-corrected chi connectivity index (χ3v) is 4.99. The van der Waals surface area contributed by atoms with Crippen molar-refractivity contribution in [1.82, 2.24) is 15.1 Å². The molecule has 1 aromatic rings. The van der Waals surface area contributed by atoms with Crippen LogP contribution in [0.3, 0.4) is 0 Å². The van der Waals surface area contributed by atoms with E-state index in [1.807, 2.05) is 17.9 Å². The molecule has 0 amide bonds. The van der Waals surface area contributed by atoms with E-state index in [9.17, 15) is 0 Å². The molecule has 1 aromatic heterocycles. The lowest BCUT2D eigenvalue weighted by Gasteiger charge is -2.26. The fourth-order valence-electron chi connectivity index (χ4n) is 4.08. The second-order valence-corrected chi connectivity index (χ2v) is 5.89. The predicted octanol–water partition coefficient (Wildman–Crippen LogP) is 2.51. The van der Waals surface area contributed by atoms with E-state index in [4.69, 9.17) is 0 Å². The Morgan fingerprint density at radius 3 is 2.88 bits per heavy atom. The molecule has 0 spiro atoms. The van der Waals surface area contributed by atoms with Gasteiger partial charge in [-0.1, -0.05) is 6.42 Å². The Morgan fingerprint density at radius 2 is 2.35 bits per heavy atom. The van der Waals surface area contributed by atoms with Crippen LogP contribution in [0.2, 0.25) is 0 Å². The van der Waals surface area contributed by atoms with Crippen LogP contribution in [0.25, 0.3) is 0 Å². The highest BCUT2D eigenvalue weighted by Crippen LogP contribution is 2.50. The fourth-order valence-corrected chi connectivity index (χ4v) is 4.08. The van der Waals surface area contributed by atoms with E-state index in [-0.39, 0.29) is 0 Å². The largest absolute Gasteiger partial charge is 0.312 e. The second kappa shape index (κ2) is 4.45. The summed E-state index contributed by atoms with van der Waals surface area (Å²) in [5, 5.41) is 7.76. The summed E-state index contributed by atoms with van der Waals surface area (Å²) >= 11 is 0. The fraction of sp³-hybridized carbons (Fsp3) is 0.786. The molecule has 94 valence electrons. The van der Waals surface area contributed by atoms with Crippen molar-refractivity contribution in [3.8, 4) is 0 Å². The summed E-state index contributed by atoms with van der Waals surface area (Å²) in [6, 6.07) is 2.63. The maximum Gasteiger partial charge on any atom is 0.0550 e. The van der Waals surface area contributed by atoms with Crippen molar-refractivity contribution in [2.45, 2.75) is 38.1 Å². The Hall–Kier alpha value is -0.830. The number of nitrogens with zero attached hydrogens (tertiary/aromatic N) is 2. The molecule has 4 atom stereocenters. The molecule has 2 saturated carbocycles. The van der Waals surface area contributed by atoms with E-state index in [0.29, 0.717) is 6.04 Å². The zero-order valence-corrected chi connectivity index (χ0v) is 10.9. The maximum atomic E-state index is 4.28. The van der Waals surface area contributed by atoms with E-state index in [0.717, 1.165) is 17.8 Å². The minimum atomic E-state index is 0.479. The van der Waals surface area contributed by atoms with E-state index >= 15 is 0 Å². The van der Waals surface area contributed by atoms with Crippen LogP contribution in [-0.2, 0) is 7.05 Å². The summed E-state index contributed by atoms with van der Waals surface area (Å²) in [7, 11) is 4.12. The second-order valence-electron chi connectivity index (χ2n) is 5.89. The van der Waals surface area contributed by atoms with Gasteiger partial charge in [0.05, 0.1) is 5.69 Å². The molecule has 0 aromatic carbocycles. The highest BCUT2D eigenvalue weighted by atomic mass is 15.3. The van der Waals surface area contributed by atoms with Crippen LogP contribution in [0.15, 0.2) is 12.3 Å². The Balaban J connectivity index is 1.69. The number of aryl methyl sites for hydroxylation is 1. The first-order chi connectivity index (χ1) is 8.28. The van der Waals surface area contributed by atoms with Crippen molar-refractivity contribution in [2.75, 3.05) is 7.05 Å². The van der Waals surface area contributed by atoms with Gasteiger partial charge in [-0.15, -0.1) is 0 Å². The average molecular weight is 233 g/mol. The highest BCUT2D eigenvalue weighted by molar-refractivity contribution is 5.07. The van der Waals surface area contributed by atoms with Gasteiger partial charge in [-0.05, 0) is 56.6 Å². The molecule has 17 heavy (non-hydrogen) atoms. The molecule has 2 bridgehead atoms. The van der Waals surface area contributed by atoms with Crippen LogP contribution < -0.4 is 5.32 Å². The summed E-state index contributed by atoms with van der Waals surface area (Å²) < 4.78 is 2.01. The van der Waals surface area contributed by atoms with Crippen LogP contribution in [0.4, 0.5) is 0 Å². The number of rotatable bonds is 4. The summed E-state index contributed by atoms with van der Waals surface area (Å²) in [6.07, 6.45) is 9.15. The van der Waals surface area contributed by atoms with Gasteiger partial charge < -0.3 is 5.32 Å². The normalized spacial score (nSPS) is 33.2. The Morgan fingerprint density at radius 1 is 1.47 bits per heavy atom. The smallest absolute Gasteiger partial charge is 0.0550 e. The van der Waals surface area contributed by atoms with E-state index in [2.05, 4.69) is 23.5 Å². The molecule has 2 aliphatic rings. The average Bonchev–Trinajstić information content (AvgIpc) is 3.02. The number of fused-ring (bicyclic) bond motifs is 2. The first kappa shape index (κ1) is 11.3. The molecule has 4 unspecified atom stereocenters. The van der Waals surface area contributed by atoms with Crippen LogP contribution in [0.5, 0.6) is 0 Å². The summed E-state index contributed by atoms with van der Waals surface area (Å²) in [5.41, 5.74) is 1.33.